The van der Waals surface area contributed by atoms with Gasteiger partial charge >= 0.3 is 11.9 Å². The number of hydrogen-bond acceptors (Lipinski definition) is 4. The SMILES string of the molecule is COc1ccc(CC2=NCCC3=C2CCCC3)cc1.O=C(O)c1ccccc1C(=O)O. The lowest BCUT2D eigenvalue weighted by molar-refractivity contribution is 0.0651. The van der Waals surface area contributed by atoms with E-state index in [-0.39, 0.29) is 11.1 Å². The van der Waals surface area contributed by atoms with Crippen LogP contribution in [-0.2, 0) is 6.42 Å². The predicted octanol–water partition coefficient (Wildman–Crippen LogP) is 5.04. The Labute approximate surface area is 181 Å². The van der Waals surface area contributed by atoms with Crippen molar-refractivity contribution in [3.05, 3.63) is 76.4 Å². The van der Waals surface area contributed by atoms with Crippen LogP contribution in [-0.4, -0.2) is 41.5 Å². The third-order valence-electron chi connectivity index (χ3n) is 5.57. The second kappa shape index (κ2) is 10.6. The van der Waals surface area contributed by atoms with E-state index in [4.69, 9.17) is 19.9 Å². The second-order valence-corrected chi connectivity index (χ2v) is 7.55. The predicted molar refractivity (Wildman–Crippen MR) is 119 cm³/mol. The Hall–Kier alpha value is -3.41. The molecule has 2 aromatic carbocycles. The van der Waals surface area contributed by atoms with Crippen molar-refractivity contribution >= 4 is 17.7 Å². The van der Waals surface area contributed by atoms with Gasteiger partial charge in [-0.3, -0.25) is 4.99 Å². The Balaban J connectivity index is 0.000000196. The number of aromatic carboxylic acids is 2. The summed E-state index contributed by atoms with van der Waals surface area (Å²) >= 11 is 0. The minimum absolute atomic E-state index is 0.190. The molecule has 0 atom stereocenters. The quantitative estimate of drug-likeness (QED) is 0.705. The third-order valence-corrected chi connectivity index (χ3v) is 5.57. The van der Waals surface area contributed by atoms with Crippen molar-refractivity contribution in [3.8, 4) is 5.75 Å². The van der Waals surface area contributed by atoms with Crippen molar-refractivity contribution in [2.24, 2.45) is 4.99 Å². The normalized spacial score (nSPS) is 15.2. The highest BCUT2D eigenvalue weighted by atomic mass is 16.5. The van der Waals surface area contributed by atoms with Gasteiger partial charge in [-0.1, -0.05) is 29.8 Å². The van der Waals surface area contributed by atoms with Gasteiger partial charge in [-0.2, -0.15) is 0 Å². The van der Waals surface area contributed by atoms with E-state index in [0.717, 1.165) is 18.7 Å². The number of carboxylic acids is 2. The lowest BCUT2D eigenvalue weighted by Gasteiger charge is -2.25. The minimum Gasteiger partial charge on any atom is -0.497 e. The molecule has 6 nitrogen and oxygen atoms in total. The van der Waals surface area contributed by atoms with Gasteiger partial charge < -0.3 is 14.9 Å². The van der Waals surface area contributed by atoms with E-state index in [2.05, 4.69) is 12.1 Å². The van der Waals surface area contributed by atoms with Gasteiger partial charge in [-0.25, -0.2) is 9.59 Å². The molecule has 1 aliphatic heterocycles. The highest BCUT2D eigenvalue weighted by Crippen LogP contribution is 2.31. The van der Waals surface area contributed by atoms with Crippen molar-refractivity contribution in [3.63, 3.8) is 0 Å². The standard InChI is InChI=1S/C17H21NO.C8H6O4/c1-19-15-8-6-13(7-9-15)12-17-16-5-3-2-4-14(16)10-11-18-17;9-7(10)5-3-1-2-4-6(5)8(11)12/h6-9H,2-5,10-12H2,1H3;1-4H,(H,9,10)(H,11,12). The van der Waals surface area contributed by atoms with Crippen LogP contribution in [0.5, 0.6) is 5.75 Å². The van der Waals surface area contributed by atoms with E-state index in [1.54, 1.807) is 18.3 Å². The summed E-state index contributed by atoms with van der Waals surface area (Å²) < 4.78 is 5.21. The van der Waals surface area contributed by atoms with Crippen LogP contribution in [0.2, 0.25) is 0 Å². The molecule has 0 unspecified atom stereocenters. The van der Waals surface area contributed by atoms with Crippen LogP contribution >= 0.6 is 0 Å². The van der Waals surface area contributed by atoms with Crippen LogP contribution in [0.25, 0.3) is 0 Å². The van der Waals surface area contributed by atoms with Crippen molar-refractivity contribution in [1.29, 1.82) is 0 Å². The fraction of sp³-hybridized carbons (Fsp3) is 0.320. The maximum Gasteiger partial charge on any atom is 0.336 e. The number of rotatable bonds is 5. The number of dihydropyridines is 1. The number of carbonyl (C=O) groups is 2. The molecule has 1 heterocycles. The smallest absolute Gasteiger partial charge is 0.336 e. The lowest BCUT2D eigenvalue weighted by Crippen LogP contribution is -2.18. The fourth-order valence-corrected chi connectivity index (χ4v) is 3.97. The largest absolute Gasteiger partial charge is 0.497 e. The minimum atomic E-state index is -1.23. The molecule has 0 saturated carbocycles. The molecule has 0 fully saturated rings. The molecule has 6 heteroatoms. The summed E-state index contributed by atoms with van der Waals surface area (Å²) in [6.45, 7) is 0.990. The topological polar surface area (TPSA) is 96.2 Å². The molecule has 31 heavy (non-hydrogen) atoms. The Kier molecular flexibility index (Phi) is 7.60. The number of hydrogen-bond donors (Lipinski definition) is 2. The molecule has 0 amide bonds. The molecule has 2 N–H and O–H groups in total. The molecule has 4 rings (SSSR count). The highest BCUT2D eigenvalue weighted by Gasteiger charge is 2.20. The first-order valence-corrected chi connectivity index (χ1v) is 10.4. The number of nitrogens with zero attached hydrogens (tertiary/aromatic N) is 1. The van der Waals surface area contributed by atoms with E-state index in [1.165, 1.54) is 67.6 Å². The molecule has 0 radical (unpaired) electrons. The Morgan fingerprint density at radius 1 is 0.903 bits per heavy atom. The van der Waals surface area contributed by atoms with Crippen LogP contribution in [0.15, 0.2) is 64.7 Å². The molecule has 162 valence electrons. The van der Waals surface area contributed by atoms with Gasteiger partial charge in [0.05, 0.1) is 18.2 Å². The van der Waals surface area contributed by atoms with Crippen molar-refractivity contribution < 1.29 is 24.5 Å². The summed E-state index contributed by atoms with van der Waals surface area (Å²) in [5.41, 5.74) is 5.55. The summed E-state index contributed by atoms with van der Waals surface area (Å²) in [5.74, 6) is -1.53. The highest BCUT2D eigenvalue weighted by molar-refractivity contribution is 6.03. The van der Waals surface area contributed by atoms with Gasteiger partial charge in [0, 0.05) is 18.7 Å². The zero-order valence-electron chi connectivity index (χ0n) is 17.6. The lowest BCUT2D eigenvalue weighted by atomic mass is 9.84. The van der Waals surface area contributed by atoms with Gasteiger partial charge in [-0.05, 0) is 67.5 Å². The molecule has 0 spiro atoms. The van der Waals surface area contributed by atoms with Crippen LogP contribution in [0.4, 0.5) is 0 Å². The first kappa shape index (κ1) is 22.3. The fourth-order valence-electron chi connectivity index (χ4n) is 3.97. The van der Waals surface area contributed by atoms with Crippen molar-refractivity contribution in [1.82, 2.24) is 0 Å². The zero-order chi connectivity index (χ0) is 22.2. The Morgan fingerprint density at radius 2 is 1.52 bits per heavy atom. The second-order valence-electron chi connectivity index (χ2n) is 7.55. The molecule has 2 aromatic rings. The average Bonchev–Trinajstić information content (AvgIpc) is 2.80. The maximum absolute atomic E-state index is 10.5. The summed E-state index contributed by atoms with van der Waals surface area (Å²) in [6.07, 6.45) is 7.42. The van der Waals surface area contributed by atoms with Crippen LogP contribution < -0.4 is 4.74 Å². The van der Waals surface area contributed by atoms with E-state index in [0.29, 0.717) is 0 Å². The number of carboxylic acid groups (broad SMARTS) is 2. The average molecular weight is 421 g/mol. The van der Waals surface area contributed by atoms with Gasteiger partial charge in [0.1, 0.15) is 5.75 Å². The summed E-state index contributed by atoms with van der Waals surface area (Å²) in [5, 5.41) is 17.1. The number of ether oxygens (including phenoxy) is 1. The van der Waals surface area contributed by atoms with Crippen LogP contribution in [0, 0.1) is 0 Å². The Bertz CT molecular complexity index is 972. The van der Waals surface area contributed by atoms with Crippen LogP contribution in [0.1, 0.15) is 58.4 Å². The third kappa shape index (κ3) is 5.81. The summed E-state index contributed by atoms with van der Waals surface area (Å²) in [6, 6.07) is 13.9. The molecule has 0 bridgehead atoms. The van der Waals surface area contributed by atoms with Gasteiger partial charge in [0.25, 0.3) is 0 Å². The number of aliphatic imine (C=N–C) groups is 1. The monoisotopic (exact) mass is 421 g/mol. The van der Waals surface area contributed by atoms with E-state index >= 15 is 0 Å². The maximum atomic E-state index is 10.5. The molecule has 0 saturated heterocycles. The molecule has 0 aromatic heterocycles. The Morgan fingerprint density at radius 3 is 2.10 bits per heavy atom. The van der Waals surface area contributed by atoms with Crippen LogP contribution in [0.3, 0.4) is 0 Å². The van der Waals surface area contributed by atoms with Crippen molar-refractivity contribution in [2.45, 2.75) is 38.5 Å². The zero-order valence-corrected chi connectivity index (χ0v) is 17.6. The van der Waals surface area contributed by atoms with E-state index in [1.807, 2.05) is 12.1 Å². The first-order chi connectivity index (χ1) is 15.0. The summed E-state index contributed by atoms with van der Waals surface area (Å²) in [4.78, 5) is 25.7. The summed E-state index contributed by atoms with van der Waals surface area (Å²) in [7, 11) is 1.71. The van der Waals surface area contributed by atoms with E-state index in [9.17, 15) is 9.59 Å². The molecule has 2 aliphatic rings. The molecular weight excluding hydrogens is 394 g/mol. The number of allylic oxidation sites excluding steroid dienone is 1. The number of benzene rings is 2. The van der Waals surface area contributed by atoms with Gasteiger partial charge in [0.2, 0.25) is 0 Å². The first-order valence-electron chi connectivity index (χ1n) is 10.4. The molecular formula is C25H27NO5. The van der Waals surface area contributed by atoms with Crippen molar-refractivity contribution in [2.75, 3.05) is 13.7 Å². The molecule has 1 aliphatic carbocycles. The van der Waals surface area contributed by atoms with Gasteiger partial charge in [0.15, 0.2) is 0 Å². The van der Waals surface area contributed by atoms with E-state index < -0.39 is 11.9 Å². The number of methoxy groups -OCH3 is 1. The van der Waals surface area contributed by atoms with Gasteiger partial charge in [-0.15, -0.1) is 0 Å².